The Labute approximate surface area is 134 Å². The van der Waals surface area contributed by atoms with Gasteiger partial charge in [0, 0.05) is 20.1 Å². The highest BCUT2D eigenvalue weighted by atomic mass is 35.5. The minimum atomic E-state index is 0.146. The monoisotopic (exact) mass is 317 g/mol. The predicted molar refractivity (Wildman–Crippen MR) is 89.1 cm³/mol. The zero-order chi connectivity index (χ0) is 15.7. The number of para-hydroxylation sites is 2. The summed E-state index contributed by atoms with van der Waals surface area (Å²) in [7, 11) is 1.93. The van der Waals surface area contributed by atoms with Gasteiger partial charge in [-0.15, -0.1) is 0 Å². The average molecular weight is 318 g/mol. The van der Waals surface area contributed by atoms with E-state index in [1.54, 1.807) is 6.20 Å². The lowest BCUT2D eigenvalue weighted by molar-refractivity contribution is 0.502. The molecule has 116 valence electrons. The Bertz CT molecular complexity index is 789. The van der Waals surface area contributed by atoms with E-state index >= 15 is 0 Å². The fourth-order valence-electron chi connectivity index (χ4n) is 2.77. The zero-order valence-corrected chi connectivity index (χ0v) is 13.8. The Balaban J connectivity index is 1.67. The first-order valence-corrected chi connectivity index (χ1v) is 7.78. The van der Waals surface area contributed by atoms with Crippen LogP contribution < -0.4 is 5.32 Å². The van der Waals surface area contributed by atoms with Crippen molar-refractivity contribution < 1.29 is 0 Å². The van der Waals surface area contributed by atoms with Gasteiger partial charge in [-0.3, -0.25) is 0 Å². The number of aryl methyl sites for hydroxylation is 1. The smallest absolute Gasteiger partial charge is 0.128 e. The molecular weight excluding hydrogens is 298 g/mol. The summed E-state index contributed by atoms with van der Waals surface area (Å²) in [5.41, 5.74) is 2.22. The Morgan fingerprint density at radius 2 is 2.09 bits per heavy atom. The van der Waals surface area contributed by atoms with Crippen LogP contribution in [0.3, 0.4) is 0 Å². The van der Waals surface area contributed by atoms with Crippen LogP contribution in [-0.4, -0.2) is 25.6 Å². The molecule has 2 aromatic heterocycles. The third-order valence-corrected chi connectivity index (χ3v) is 4.34. The van der Waals surface area contributed by atoms with E-state index < -0.39 is 0 Å². The highest BCUT2D eigenvalue weighted by Gasteiger charge is 2.12. The Kier molecular flexibility index (Phi) is 4.18. The molecule has 0 aliphatic rings. The number of hydrogen-bond acceptors (Lipinski definition) is 3. The van der Waals surface area contributed by atoms with E-state index in [4.69, 9.17) is 11.6 Å². The Morgan fingerprint density at radius 3 is 2.82 bits per heavy atom. The molecule has 2 heterocycles. The highest BCUT2D eigenvalue weighted by molar-refractivity contribution is 6.29. The van der Waals surface area contributed by atoms with E-state index in [9.17, 15) is 0 Å². The summed E-state index contributed by atoms with van der Waals surface area (Å²) < 4.78 is 4.14. The first-order chi connectivity index (χ1) is 10.6. The van der Waals surface area contributed by atoms with Crippen LogP contribution in [0.1, 0.15) is 24.6 Å². The lowest BCUT2D eigenvalue weighted by atomic mass is 10.3. The van der Waals surface area contributed by atoms with Gasteiger partial charge in [-0.2, -0.15) is 0 Å². The Hall–Kier alpha value is -1.85. The van der Waals surface area contributed by atoms with Gasteiger partial charge in [-0.25, -0.2) is 9.97 Å². The highest BCUT2D eigenvalue weighted by Crippen LogP contribution is 2.17. The van der Waals surface area contributed by atoms with Crippen LogP contribution in [-0.2, 0) is 13.6 Å². The number of fused-ring (bicyclic) bond motifs is 1. The van der Waals surface area contributed by atoms with Crippen LogP contribution in [0.5, 0.6) is 0 Å². The average Bonchev–Trinajstić information content (AvgIpc) is 3.00. The summed E-state index contributed by atoms with van der Waals surface area (Å²) in [5.74, 6) is 1.98. The van der Waals surface area contributed by atoms with Crippen LogP contribution in [0.4, 0.5) is 0 Å². The molecule has 0 bridgehead atoms. The van der Waals surface area contributed by atoms with Gasteiger partial charge in [-0.05, 0) is 26.0 Å². The molecule has 0 aliphatic heterocycles. The first kappa shape index (κ1) is 15.1. The molecule has 0 saturated carbocycles. The number of hydrogen-bond donors (Lipinski definition) is 1. The molecule has 3 rings (SSSR count). The van der Waals surface area contributed by atoms with Crippen LogP contribution in [0.15, 0.2) is 30.5 Å². The van der Waals surface area contributed by atoms with Crippen LogP contribution in [0.2, 0.25) is 5.15 Å². The van der Waals surface area contributed by atoms with Crippen LogP contribution in [0.25, 0.3) is 11.0 Å². The minimum absolute atomic E-state index is 0.146. The molecule has 0 fully saturated rings. The molecule has 0 spiro atoms. The molecule has 5 nitrogen and oxygen atoms in total. The number of imidazole rings is 2. The summed E-state index contributed by atoms with van der Waals surface area (Å²) in [6, 6.07) is 8.37. The molecule has 6 heteroatoms. The van der Waals surface area contributed by atoms with Crippen LogP contribution >= 0.6 is 11.6 Å². The number of rotatable bonds is 5. The lowest BCUT2D eigenvalue weighted by Crippen LogP contribution is -2.25. The van der Waals surface area contributed by atoms with Gasteiger partial charge in [-0.1, -0.05) is 23.7 Å². The van der Waals surface area contributed by atoms with Crippen molar-refractivity contribution >= 4 is 22.6 Å². The van der Waals surface area contributed by atoms with Gasteiger partial charge >= 0.3 is 0 Å². The van der Waals surface area contributed by atoms with Crippen molar-refractivity contribution in [1.29, 1.82) is 0 Å². The maximum absolute atomic E-state index is 6.04. The van der Waals surface area contributed by atoms with E-state index in [0.717, 1.165) is 30.3 Å². The largest absolute Gasteiger partial charge is 0.327 e. The number of halogens is 1. The number of nitrogens with one attached hydrogen (secondary N) is 1. The summed E-state index contributed by atoms with van der Waals surface area (Å²) in [5, 5.41) is 4.15. The topological polar surface area (TPSA) is 47.7 Å². The van der Waals surface area contributed by atoms with E-state index in [2.05, 4.69) is 32.8 Å². The van der Waals surface area contributed by atoms with E-state index in [1.807, 2.05) is 36.7 Å². The molecule has 0 saturated heterocycles. The van der Waals surface area contributed by atoms with E-state index in [1.165, 1.54) is 5.52 Å². The van der Waals surface area contributed by atoms with Crippen LogP contribution in [0, 0.1) is 6.92 Å². The molecule has 1 atom stereocenters. The minimum Gasteiger partial charge on any atom is -0.327 e. The summed E-state index contributed by atoms with van der Waals surface area (Å²) >= 11 is 6.04. The number of aromatic nitrogens is 4. The van der Waals surface area contributed by atoms with Gasteiger partial charge < -0.3 is 14.5 Å². The second kappa shape index (κ2) is 6.10. The molecule has 22 heavy (non-hydrogen) atoms. The molecule has 1 N–H and O–H groups in total. The van der Waals surface area contributed by atoms with E-state index in [0.29, 0.717) is 5.15 Å². The molecule has 0 amide bonds. The molecule has 0 aliphatic carbocycles. The molecular formula is C16H20ClN5. The van der Waals surface area contributed by atoms with E-state index in [-0.39, 0.29) is 6.04 Å². The SMILES string of the molecule is Cc1nc2ccccc2n1CCNC(C)c1ncc(Cl)n1C. The quantitative estimate of drug-likeness (QED) is 0.786. The summed E-state index contributed by atoms with van der Waals surface area (Å²) in [6.07, 6.45) is 1.68. The fraction of sp³-hybridized carbons (Fsp3) is 0.375. The third kappa shape index (κ3) is 2.74. The standard InChI is InChI=1S/C16H20ClN5/c1-11(16-19-10-15(17)21(16)3)18-8-9-22-12(2)20-13-6-4-5-7-14(13)22/h4-7,10-11,18H,8-9H2,1-3H3. The fourth-order valence-corrected chi connectivity index (χ4v) is 2.90. The lowest BCUT2D eigenvalue weighted by Gasteiger charge is -2.15. The second-order valence-corrected chi connectivity index (χ2v) is 5.86. The zero-order valence-electron chi connectivity index (χ0n) is 13.0. The Morgan fingerprint density at radius 1 is 1.32 bits per heavy atom. The van der Waals surface area contributed by atoms with Crippen molar-refractivity contribution in [2.45, 2.75) is 26.4 Å². The van der Waals surface area contributed by atoms with Gasteiger partial charge in [0.05, 0.1) is 23.3 Å². The molecule has 1 unspecified atom stereocenters. The number of nitrogens with zero attached hydrogens (tertiary/aromatic N) is 4. The third-order valence-electron chi connectivity index (χ3n) is 3.99. The molecule has 3 aromatic rings. The van der Waals surface area contributed by atoms with Gasteiger partial charge in [0.15, 0.2) is 0 Å². The van der Waals surface area contributed by atoms with Crippen molar-refractivity contribution in [2.24, 2.45) is 7.05 Å². The maximum atomic E-state index is 6.04. The molecule has 1 aromatic carbocycles. The van der Waals surface area contributed by atoms with Crippen molar-refractivity contribution in [3.63, 3.8) is 0 Å². The van der Waals surface area contributed by atoms with Gasteiger partial charge in [0.1, 0.15) is 16.8 Å². The van der Waals surface area contributed by atoms with Gasteiger partial charge in [0.25, 0.3) is 0 Å². The maximum Gasteiger partial charge on any atom is 0.128 e. The van der Waals surface area contributed by atoms with Crippen molar-refractivity contribution in [3.05, 3.63) is 47.3 Å². The van der Waals surface area contributed by atoms with Gasteiger partial charge in [0.2, 0.25) is 0 Å². The second-order valence-electron chi connectivity index (χ2n) is 5.47. The summed E-state index contributed by atoms with van der Waals surface area (Å²) in [4.78, 5) is 8.94. The van der Waals surface area contributed by atoms with Crippen molar-refractivity contribution in [3.8, 4) is 0 Å². The molecule has 0 radical (unpaired) electrons. The summed E-state index contributed by atoms with van der Waals surface area (Å²) in [6.45, 7) is 5.85. The number of benzene rings is 1. The predicted octanol–water partition coefficient (Wildman–Crippen LogP) is 3.08. The first-order valence-electron chi connectivity index (χ1n) is 7.40. The van der Waals surface area contributed by atoms with Crippen molar-refractivity contribution in [1.82, 2.24) is 24.4 Å². The normalized spacial score (nSPS) is 12.9. The van der Waals surface area contributed by atoms with Crippen molar-refractivity contribution in [2.75, 3.05) is 6.54 Å².